The summed E-state index contributed by atoms with van der Waals surface area (Å²) < 4.78 is 0. The van der Waals surface area contributed by atoms with E-state index >= 15 is 0 Å². The lowest BCUT2D eigenvalue weighted by molar-refractivity contribution is -0.135. The van der Waals surface area contributed by atoms with E-state index in [0.717, 1.165) is 25.7 Å². The molecule has 0 amide bonds. The summed E-state index contributed by atoms with van der Waals surface area (Å²) in [4.78, 5) is 12.1. The minimum absolute atomic E-state index is 0.111. The number of aliphatic hydroxyl groups is 1. The highest BCUT2D eigenvalue weighted by molar-refractivity contribution is 5.86. The Morgan fingerprint density at radius 1 is 1.29 bits per heavy atom. The van der Waals surface area contributed by atoms with Crippen LogP contribution >= 0.6 is 0 Å². The lowest BCUT2D eigenvalue weighted by Gasteiger charge is -2.36. The van der Waals surface area contributed by atoms with Gasteiger partial charge in [-0.05, 0) is 19.3 Å². The summed E-state index contributed by atoms with van der Waals surface area (Å²) in [6, 6.07) is 0. The molecular formula is C12H22O2. The molecule has 1 rings (SSSR count). The third kappa shape index (κ3) is 2.35. The van der Waals surface area contributed by atoms with Crippen molar-refractivity contribution in [3.8, 4) is 0 Å². The number of aliphatic hydroxyl groups excluding tert-OH is 1. The first-order valence-electron chi connectivity index (χ1n) is 5.77. The number of hydrogen-bond acceptors (Lipinski definition) is 2. The number of carbonyl (C=O) groups excluding carboxylic acids is 1. The van der Waals surface area contributed by atoms with E-state index in [-0.39, 0.29) is 17.9 Å². The van der Waals surface area contributed by atoms with E-state index in [9.17, 15) is 4.79 Å². The third-order valence-corrected chi connectivity index (χ3v) is 3.45. The molecule has 0 spiro atoms. The Kier molecular flexibility index (Phi) is 4.11. The van der Waals surface area contributed by atoms with Gasteiger partial charge in [-0.3, -0.25) is 4.79 Å². The van der Waals surface area contributed by atoms with Crippen LogP contribution in [-0.4, -0.2) is 17.5 Å². The molecule has 0 aliphatic heterocycles. The van der Waals surface area contributed by atoms with Crippen molar-refractivity contribution in [2.45, 2.75) is 52.4 Å². The zero-order chi connectivity index (χ0) is 10.6. The standard InChI is InChI=1S/C12H22O2/c1-10(2)11(14)12(8-9-13)6-4-3-5-7-12/h10,13H,3-9H2,1-2H3. The number of Topliss-reactive ketones (excluding diaryl/α,β-unsaturated/α-hetero) is 1. The maximum atomic E-state index is 12.1. The lowest BCUT2D eigenvalue weighted by atomic mass is 9.67. The molecule has 14 heavy (non-hydrogen) atoms. The van der Waals surface area contributed by atoms with Crippen LogP contribution < -0.4 is 0 Å². The fraction of sp³-hybridized carbons (Fsp3) is 0.917. The average molecular weight is 198 g/mol. The normalized spacial score (nSPS) is 21.1. The molecule has 0 aromatic rings. The second-order valence-electron chi connectivity index (χ2n) is 4.83. The van der Waals surface area contributed by atoms with Crippen molar-refractivity contribution in [1.29, 1.82) is 0 Å². The maximum absolute atomic E-state index is 12.1. The Labute approximate surface area is 86.7 Å². The number of ketones is 1. The zero-order valence-corrected chi connectivity index (χ0v) is 9.38. The Balaban J connectivity index is 2.74. The van der Waals surface area contributed by atoms with Gasteiger partial charge in [0.05, 0.1) is 0 Å². The molecule has 82 valence electrons. The van der Waals surface area contributed by atoms with Crippen LogP contribution in [0, 0.1) is 11.3 Å². The van der Waals surface area contributed by atoms with Crippen molar-refractivity contribution in [1.82, 2.24) is 0 Å². The summed E-state index contributed by atoms with van der Waals surface area (Å²) in [7, 11) is 0. The van der Waals surface area contributed by atoms with E-state index in [1.54, 1.807) is 0 Å². The molecule has 1 aliphatic rings. The van der Waals surface area contributed by atoms with Gasteiger partial charge in [-0.1, -0.05) is 33.1 Å². The predicted octanol–water partition coefficient (Wildman–Crippen LogP) is 2.54. The lowest BCUT2D eigenvalue weighted by Crippen LogP contribution is -2.37. The Morgan fingerprint density at radius 3 is 2.29 bits per heavy atom. The van der Waals surface area contributed by atoms with Crippen LogP contribution in [0.15, 0.2) is 0 Å². The van der Waals surface area contributed by atoms with E-state index in [1.165, 1.54) is 6.42 Å². The monoisotopic (exact) mass is 198 g/mol. The van der Waals surface area contributed by atoms with Crippen LogP contribution in [-0.2, 0) is 4.79 Å². The van der Waals surface area contributed by atoms with Gasteiger partial charge in [0, 0.05) is 17.9 Å². The molecule has 1 saturated carbocycles. The van der Waals surface area contributed by atoms with Crippen molar-refractivity contribution in [3.63, 3.8) is 0 Å². The smallest absolute Gasteiger partial charge is 0.141 e. The van der Waals surface area contributed by atoms with Gasteiger partial charge in [0.15, 0.2) is 0 Å². The first kappa shape index (κ1) is 11.7. The average Bonchev–Trinajstić information content (AvgIpc) is 2.18. The largest absolute Gasteiger partial charge is 0.396 e. The van der Waals surface area contributed by atoms with Crippen molar-refractivity contribution in [2.75, 3.05) is 6.61 Å². The molecule has 0 aromatic carbocycles. The molecule has 0 heterocycles. The SMILES string of the molecule is CC(C)C(=O)C1(CCO)CCCCC1. The van der Waals surface area contributed by atoms with Gasteiger partial charge >= 0.3 is 0 Å². The van der Waals surface area contributed by atoms with Crippen molar-refractivity contribution >= 4 is 5.78 Å². The molecule has 1 fully saturated rings. The highest BCUT2D eigenvalue weighted by Gasteiger charge is 2.39. The van der Waals surface area contributed by atoms with E-state index in [0.29, 0.717) is 12.2 Å². The summed E-state index contributed by atoms with van der Waals surface area (Å²) >= 11 is 0. The van der Waals surface area contributed by atoms with Crippen LogP contribution in [0.25, 0.3) is 0 Å². The van der Waals surface area contributed by atoms with Gasteiger partial charge in [-0.2, -0.15) is 0 Å². The van der Waals surface area contributed by atoms with E-state index in [2.05, 4.69) is 0 Å². The Bertz CT molecular complexity index is 185. The fourth-order valence-corrected chi connectivity index (χ4v) is 2.67. The topological polar surface area (TPSA) is 37.3 Å². The molecule has 0 aromatic heterocycles. The second-order valence-corrected chi connectivity index (χ2v) is 4.83. The summed E-state index contributed by atoms with van der Waals surface area (Å²) in [6.07, 6.45) is 6.20. The maximum Gasteiger partial charge on any atom is 0.141 e. The van der Waals surface area contributed by atoms with Gasteiger partial charge in [-0.25, -0.2) is 0 Å². The van der Waals surface area contributed by atoms with Crippen LogP contribution in [0.4, 0.5) is 0 Å². The molecule has 0 atom stereocenters. The molecule has 0 radical (unpaired) electrons. The third-order valence-electron chi connectivity index (χ3n) is 3.45. The summed E-state index contributed by atoms with van der Waals surface area (Å²) in [5.74, 6) is 0.478. The van der Waals surface area contributed by atoms with E-state index in [4.69, 9.17) is 5.11 Å². The molecule has 1 aliphatic carbocycles. The van der Waals surface area contributed by atoms with Crippen LogP contribution in [0.2, 0.25) is 0 Å². The van der Waals surface area contributed by atoms with Crippen LogP contribution in [0.1, 0.15) is 52.4 Å². The first-order valence-corrected chi connectivity index (χ1v) is 5.77. The van der Waals surface area contributed by atoms with Crippen LogP contribution in [0.5, 0.6) is 0 Å². The van der Waals surface area contributed by atoms with Crippen molar-refractivity contribution in [2.24, 2.45) is 11.3 Å². The predicted molar refractivity (Wildman–Crippen MR) is 57.1 cm³/mol. The van der Waals surface area contributed by atoms with Crippen molar-refractivity contribution in [3.05, 3.63) is 0 Å². The number of hydrogen-bond donors (Lipinski definition) is 1. The highest BCUT2D eigenvalue weighted by Crippen LogP contribution is 2.41. The van der Waals surface area contributed by atoms with Gasteiger partial charge in [-0.15, -0.1) is 0 Å². The van der Waals surface area contributed by atoms with E-state index < -0.39 is 0 Å². The second kappa shape index (κ2) is 4.92. The molecule has 2 nitrogen and oxygen atoms in total. The number of rotatable bonds is 4. The molecule has 0 bridgehead atoms. The minimum atomic E-state index is -0.179. The molecule has 1 N–H and O–H groups in total. The van der Waals surface area contributed by atoms with E-state index in [1.807, 2.05) is 13.8 Å². The molecule has 0 unspecified atom stereocenters. The Morgan fingerprint density at radius 2 is 1.86 bits per heavy atom. The van der Waals surface area contributed by atoms with Crippen molar-refractivity contribution < 1.29 is 9.90 Å². The fourth-order valence-electron chi connectivity index (χ4n) is 2.67. The molecule has 0 saturated heterocycles. The summed E-state index contributed by atoms with van der Waals surface area (Å²) in [5, 5.41) is 9.06. The zero-order valence-electron chi connectivity index (χ0n) is 9.38. The van der Waals surface area contributed by atoms with Crippen LogP contribution in [0.3, 0.4) is 0 Å². The highest BCUT2D eigenvalue weighted by atomic mass is 16.3. The summed E-state index contributed by atoms with van der Waals surface area (Å²) in [6.45, 7) is 4.09. The summed E-state index contributed by atoms with van der Waals surface area (Å²) in [5.41, 5.74) is -0.179. The minimum Gasteiger partial charge on any atom is -0.396 e. The molecule has 2 heteroatoms. The first-order chi connectivity index (χ1) is 6.62. The van der Waals surface area contributed by atoms with Gasteiger partial charge in [0.25, 0.3) is 0 Å². The Hall–Kier alpha value is -0.370. The van der Waals surface area contributed by atoms with Gasteiger partial charge in [0.2, 0.25) is 0 Å². The molecular weight excluding hydrogens is 176 g/mol. The number of carbonyl (C=O) groups is 1. The van der Waals surface area contributed by atoms with Gasteiger partial charge in [0.1, 0.15) is 5.78 Å². The quantitative estimate of drug-likeness (QED) is 0.753. The van der Waals surface area contributed by atoms with Gasteiger partial charge < -0.3 is 5.11 Å².